The van der Waals surface area contributed by atoms with Crippen molar-refractivity contribution >= 4 is 27.8 Å². The fraction of sp³-hybridized carbons (Fsp3) is 0.333. The van der Waals surface area contributed by atoms with Gasteiger partial charge < -0.3 is 15.2 Å². The predicted octanol–water partition coefficient (Wildman–Crippen LogP) is 3.23. The van der Waals surface area contributed by atoms with E-state index < -0.39 is 6.67 Å². The van der Waals surface area contributed by atoms with Gasteiger partial charge in [-0.25, -0.2) is 19.3 Å². The molecule has 5 rings (SSSR count). The van der Waals surface area contributed by atoms with Gasteiger partial charge in [-0.3, -0.25) is 4.98 Å². The van der Waals surface area contributed by atoms with Crippen LogP contribution >= 0.6 is 0 Å². The highest BCUT2D eigenvalue weighted by atomic mass is 19.1. The average Bonchev–Trinajstić information content (AvgIpc) is 3.22. The van der Waals surface area contributed by atoms with E-state index in [0.717, 1.165) is 53.6 Å². The molecular formula is C21H22FN7. The quantitative estimate of drug-likeness (QED) is 0.556. The molecule has 0 atom stereocenters. The van der Waals surface area contributed by atoms with Gasteiger partial charge in [-0.2, -0.15) is 0 Å². The van der Waals surface area contributed by atoms with E-state index in [4.69, 9.17) is 9.97 Å². The first-order chi connectivity index (χ1) is 14.2. The first-order valence-electron chi connectivity index (χ1n) is 9.83. The lowest BCUT2D eigenvalue weighted by Crippen LogP contribution is -2.41. The predicted molar refractivity (Wildman–Crippen MR) is 112 cm³/mol. The van der Waals surface area contributed by atoms with Crippen LogP contribution in [0.2, 0.25) is 0 Å². The third-order valence-corrected chi connectivity index (χ3v) is 5.64. The van der Waals surface area contributed by atoms with Crippen molar-refractivity contribution < 1.29 is 4.39 Å². The van der Waals surface area contributed by atoms with Gasteiger partial charge in [0.25, 0.3) is 0 Å². The molecule has 1 fully saturated rings. The molecule has 1 aliphatic heterocycles. The van der Waals surface area contributed by atoms with Crippen LogP contribution < -0.4 is 10.2 Å². The maximum atomic E-state index is 13.2. The zero-order valence-corrected chi connectivity index (χ0v) is 16.2. The highest BCUT2D eigenvalue weighted by molar-refractivity contribution is 5.95. The first kappa shape index (κ1) is 17.9. The van der Waals surface area contributed by atoms with E-state index in [9.17, 15) is 4.39 Å². The van der Waals surface area contributed by atoms with E-state index in [0.29, 0.717) is 23.2 Å². The third-order valence-electron chi connectivity index (χ3n) is 5.64. The van der Waals surface area contributed by atoms with Crippen molar-refractivity contribution in [3.8, 4) is 11.4 Å². The molecule has 7 nitrogen and oxygen atoms in total. The van der Waals surface area contributed by atoms with Gasteiger partial charge in [0.05, 0.1) is 11.7 Å². The number of hydrogen-bond donors (Lipinski definition) is 2. The van der Waals surface area contributed by atoms with Crippen molar-refractivity contribution in [1.82, 2.24) is 30.2 Å². The van der Waals surface area contributed by atoms with E-state index in [1.807, 2.05) is 12.1 Å². The third kappa shape index (κ3) is 3.19. The molecule has 0 saturated carbocycles. The molecule has 0 aromatic carbocycles. The fourth-order valence-corrected chi connectivity index (χ4v) is 4.07. The van der Waals surface area contributed by atoms with Crippen molar-refractivity contribution in [3.63, 3.8) is 0 Å². The Labute approximate surface area is 167 Å². The number of piperidine rings is 1. The molecule has 1 saturated heterocycles. The fourth-order valence-electron chi connectivity index (χ4n) is 4.07. The molecule has 2 N–H and O–H groups in total. The second kappa shape index (κ2) is 7.36. The number of aromatic amines is 1. The van der Waals surface area contributed by atoms with Crippen LogP contribution in [-0.4, -0.2) is 51.1 Å². The highest BCUT2D eigenvalue weighted by Crippen LogP contribution is 2.32. The summed E-state index contributed by atoms with van der Waals surface area (Å²) in [7, 11) is 2.10. The monoisotopic (exact) mass is 391 g/mol. The highest BCUT2D eigenvalue weighted by Gasteiger charge is 2.22. The molecule has 0 unspecified atom stereocenters. The summed E-state index contributed by atoms with van der Waals surface area (Å²) in [4.78, 5) is 23.6. The maximum Gasteiger partial charge on any atom is 0.163 e. The summed E-state index contributed by atoms with van der Waals surface area (Å²) >= 11 is 0. The number of nitrogens with one attached hydrogen (secondary N) is 2. The summed E-state index contributed by atoms with van der Waals surface area (Å²) in [5, 5.41) is 5.21. The Kier molecular flexibility index (Phi) is 4.55. The summed E-state index contributed by atoms with van der Waals surface area (Å²) in [6, 6.07) is 6.04. The van der Waals surface area contributed by atoms with Crippen LogP contribution in [0.15, 0.2) is 36.8 Å². The second-order valence-electron chi connectivity index (χ2n) is 7.40. The normalized spacial score (nSPS) is 15.2. The maximum absolute atomic E-state index is 13.2. The first-order valence-corrected chi connectivity index (χ1v) is 9.83. The van der Waals surface area contributed by atoms with Crippen molar-refractivity contribution in [3.05, 3.63) is 42.5 Å². The number of H-pyrrole nitrogens is 1. The standard InChI is InChI=1S/C21H22FN7/c1-29(14-2-6-23-7-3-14)21-16-4-8-24-12-18(16)27-20(28-21)15-5-9-25-19-17(15)10-13(11-22)26-19/h4-5,8-10,12,14,23H,2-3,6-7,11H2,1H3,(H,25,26). The Morgan fingerprint density at radius 2 is 2.00 bits per heavy atom. The van der Waals surface area contributed by atoms with Crippen LogP contribution in [0, 0.1) is 0 Å². The Bertz CT molecular complexity index is 1170. The lowest BCUT2D eigenvalue weighted by Gasteiger charge is -2.33. The minimum Gasteiger partial charge on any atom is -0.356 e. The number of hydrogen-bond acceptors (Lipinski definition) is 6. The zero-order chi connectivity index (χ0) is 19.8. The molecule has 0 bridgehead atoms. The number of fused-ring (bicyclic) bond motifs is 2. The van der Waals surface area contributed by atoms with Crippen molar-refractivity contribution in [2.24, 2.45) is 0 Å². The van der Waals surface area contributed by atoms with Crippen LogP contribution in [0.4, 0.5) is 10.2 Å². The summed E-state index contributed by atoms with van der Waals surface area (Å²) in [5.41, 5.74) is 2.75. The number of aromatic nitrogens is 5. The van der Waals surface area contributed by atoms with E-state index in [-0.39, 0.29) is 0 Å². The summed E-state index contributed by atoms with van der Waals surface area (Å²) in [6.45, 7) is 1.45. The van der Waals surface area contributed by atoms with Crippen LogP contribution in [0.25, 0.3) is 33.3 Å². The van der Waals surface area contributed by atoms with Crippen LogP contribution in [0.3, 0.4) is 0 Å². The molecule has 8 heteroatoms. The molecule has 4 aromatic heterocycles. The average molecular weight is 391 g/mol. The Morgan fingerprint density at radius 1 is 1.14 bits per heavy atom. The molecule has 148 valence electrons. The molecular weight excluding hydrogens is 369 g/mol. The SMILES string of the molecule is CN(c1nc(-c2ccnc3[nH]c(CF)cc23)nc2cnccc12)C1CCNCC1. The van der Waals surface area contributed by atoms with Crippen LogP contribution in [0.1, 0.15) is 18.5 Å². The van der Waals surface area contributed by atoms with Gasteiger partial charge in [0, 0.05) is 47.5 Å². The molecule has 4 aromatic rings. The molecule has 5 heterocycles. The van der Waals surface area contributed by atoms with E-state index in [1.54, 1.807) is 24.7 Å². The zero-order valence-electron chi connectivity index (χ0n) is 16.2. The Hall–Kier alpha value is -3.13. The van der Waals surface area contributed by atoms with Gasteiger partial charge in [0.2, 0.25) is 0 Å². The van der Waals surface area contributed by atoms with Gasteiger partial charge >= 0.3 is 0 Å². The number of alkyl halides is 1. The van der Waals surface area contributed by atoms with E-state index in [1.165, 1.54) is 0 Å². The number of anilines is 1. The van der Waals surface area contributed by atoms with Crippen LogP contribution in [-0.2, 0) is 6.67 Å². The molecule has 29 heavy (non-hydrogen) atoms. The van der Waals surface area contributed by atoms with Gasteiger partial charge in [0.1, 0.15) is 18.1 Å². The lowest BCUT2D eigenvalue weighted by molar-refractivity contribution is 0.442. The summed E-state index contributed by atoms with van der Waals surface area (Å²) < 4.78 is 13.2. The molecule has 0 radical (unpaired) electrons. The van der Waals surface area contributed by atoms with E-state index >= 15 is 0 Å². The van der Waals surface area contributed by atoms with Crippen molar-refractivity contribution in [1.29, 1.82) is 0 Å². The van der Waals surface area contributed by atoms with Crippen molar-refractivity contribution in [2.45, 2.75) is 25.6 Å². The molecule has 0 spiro atoms. The second-order valence-corrected chi connectivity index (χ2v) is 7.40. The van der Waals surface area contributed by atoms with Gasteiger partial charge in [0.15, 0.2) is 5.82 Å². The number of rotatable bonds is 4. The van der Waals surface area contributed by atoms with Gasteiger partial charge in [-0.05, 0) is 44.1 Å². The van der Waals surface area contributed by atoms with Gasteiger partial charge in [-0.15, -0.1) is 0 Å². The largest absolute Gasteiger partial charge is 0.356 e. The number of nitrogens with zero attached hydrogens (tertiary/aromatic N) is 5. The number of halogens is 1. The topological polar surface area (TPSA) is 82.6 Å². The molecule has 1 aliphatic rings. The number of pyridine rings is 2. The molecule has 0 aliphatic carbocycles. The molecule has 0 amide bonds. The minimum atomic E-state index is -0.567. The smallest absolute Gasteiger partial charge is 0.163 e. The summed E-state index contributed by atoms with van der Waals surface area (Å²) in [5.74, 6) is 1.49. The van der Waals surface area contributed by atoms with Gasteiger partial charge in [-0.1, -0.05) is 0 Å². The summed E-state index contributed by atoms with van der Waals surface area (Å²) in [6.07, 6.45) is 7.38. The Morgan fingerprint density at radius 3 is 2.83 bits per heavy atom. The van der Waals surface area contributed by atoms with E-state index in [2.05, 4.69) is 32.2 Å². The van der Waals surface area contributed by atoms with Crippen molar-refractivity contribution in [2.75, 3.05) is 25.0 Å². The Balaban J connectivity index is 1.68. The lowest BCUT2D eigenvalue weighted by atomic mass is 10.0. The minimum absolute atomic E-state index is 0.415. The van der Waals surface area contributed by atoms with Crippen LogP contribution in [0.5, 0.6) is 0 Å².